The van der Waals surface area contributed by atoms with Crippen molar-refractivity contribution in [3.8, 4) is 0 Å². The van der Waals surface area contributed by atoms with E-state index in [1.165, 1.54) is 0 Å². The molecule has 0 bridgehead atoms. The van der Waals surface area contributed by atoms with Crippen molar-refractivity contribution < 1.29 is 19.0 Å². The number of hydrogen-bond acceptors (Lipinski definition) is 4. The quantitative estimate of drug-likeness (QED) is 0.699. The fourth-order valence-electron chi connectivity index (χ4n) is 2.99. The first-order valence-corrected chi connectivity index (χ1v) is 8.83. The van der Waals surface area contributed by atoms with Gasteiger partial charge >= 0.3 is 5.97 Å². The van der Waals surface area contributed by atoms with E-state index in [0.717, 1.165) is 30.4 Å². The summed E-state index contributed by atoms with van der Waals surface area (Å²) in [6, 6.07) is 17.0. The molecule has 1 saturated heterocycles. The Kier molecular flexibility index (Phi) is 5.84. The Balaban J connectivity index is 1.65. The Morgan fingerprint density at radius 3 is 2.36 bits per heavy atom. The minimum Gasteiger partial charge on any atom is -0.457 e. The number of benzene rings is 2. The molecule has 0 radical (unpaired) electrons. The second-order valence-corrected chi connectivity index (χ2v) is 6.19. The Bertz CT molecular complexity index is 673. The lowest BCUT2D eigenvalue weighted by atomic mass is 9.98. The van der Waals surface area contributed by atoms with Gasteiger partial charge in [-0.3, -0.25) is 0 Å². The highest BCUT2D eigenvalue weighted by Crippen LogP contribution is 2.36. The first-order chi connectivity index (χ1) is 12.2. The molecule has 1 aliphatic heterocycles. The summed E-state index contributed by atoms with van der Waals surface area (Å²) < 4.78 is 17.2. The number of carbonyl (C=O) groups excluding carboxylic acids is 1. The molecule has 0 spiro atoms. The standard InChI is InChI=1S/C21H24O4/c1-2-3-13-21(24-14-15-25-21)19-11-9-18(10-12-19)20(22)23-16-17-7-5-4-6-8-17/h4-12H,2-3,13-16H2,1H3. The molecule has 1 aliphatic rings. The lowest BCUT2D eigenvalue weighted by molar-refractivity contribution is -0.171. The molecule has 0 aliphatic carbocycles. The molecule has 1 heterocycles. The molecule has 2 aromatic rings. The first kappa shape index (κ1) is 17.6. The zero-order valence-corrected chi connectivity index (χ0v) is 14.6. The SMILES string of the molecule is CCCCC1(c2ccc(C(=O)OCc3ccccc3)cc2)OCCO1. The molecule has 0 N–H and O–H groups in total. The summed E-state index contributed by atoms with van der Waals surface area (Å²) in [5, 5.41) is 0. The van der Waals surface area contributed by atoms with Crippen LogP contribution in [0.15, 0.2) is 54.6 Å². The Hall–Kier alpha value is -2.17. The van der Waals surface area contributed by atoms with Crippen molar-refractivity contribution in [2.45, 2.75) is 38.6 Å². The van der Waals surface area contributed by atoms with Crippen LogP contribution in [0.1, 0.15) is 47.7 Å². The van der Waals surface area contributed by atoms with Crippen molar-refractivity contribution in [3.63, 3.8) is 0 Å². The van der Waals surface area contributed by atoms with Gasteiger partial charge in [0.2, 0.25) is 0 Å². The Morgan fingerprint density at radius 2 is 1.72 bits per heavy atom. The van der Waals surface area contributed by atoms with Crippen LogP contribution in [0, 0.1) is 0 Å². The van der Waals surface area contributed by atoms with Crippen LogP contribution in [0.5, 0.6) is 0 Å². The molecule has 132 valence electrons. The largest absolute Gasteiger partial charge is 0.457 e. The number of ether oxygens (including phenoxy) is 3. The summed E-state index contributed by atoms with van der Waals surface area (Å²) in [5.41, 5.74) is 2.46. The predicted molar refractivity (Wildman–Crippen MR) is 95.1 cm³/mol. The smallest absolute Gasteiger partial charge is 0.338 e. The van der Waals surface area contributed by atoms with Gasteiger partial charge in [-0.1, -0.05) is 55.8 Å². The van der Waals surface area contributed by atoms with Crippen LogP contribution >= 0.6 is 0 Å². The molecule has 1 fully saturated rings. The van der Waals surface area contributed by atoms with Gasteiger partial charge in [-0.05, 0) is 24.1 Å². The second-order valence-electron chi connectivity index (χ2n) is 6.19. The molecule has 0 unspecified atom stereocenters. The average molecular weight is 340 g/mol. The van der Waals surface area contributed by atoms with Crippen LogP contribution < -0.4 is 0 Å². The first-order valence-electron chi connectivity index (χ1n) is 8.83. The summed E-state index contributed by atoms with van der Waals surface area (Å²) >= 11 is 0. The summed E-state index contributed by atoms with van der Waals surface area (Å²) in [5.74, 6) is -0.992. The number of carbonyl (C=O) groups is 1. The Morgan fingerprint density at radius 1 is 1.04 bits per heavy atom. The van der Waals surface area contributed by atoms with Crippen molar-refractivity contribution in [1.29, 1.82) is 0 Å². The van der Waals surface area contributed by atoms with E-state index in [2.05, 4.69) is 6.92 Å². The van der Waals surface area contributed by atoms with Crippen LogP contribution in [0.2, 0.25) is 0 Å². The van der Waals surface area contributed by atoms with Gasteiger partial charge < -0.3 is 14.2 Å². The van der Waals surface area contributed by atoms with E-state index >= 15 is 0 Å². The molecule has 0 aromatic heterocycles. The number of rotatable bonds is 7. The summed E-state index contributed by atoms with van der Waals surface area (Å²) in [6.45, 7) is 3.62. The van der Waals surface area contributed by atoms with E-state index in [0.29, 0.717) is 18.8 Å². The van der Waals surface area contributed by atoms with Crippen molar-refractivity contribution in [1.82, 2.24) is 0 Å². The third-order valence-electron chi connectivity index (χ3n) is 4.39. The Labute approximate surface area is 148 Å². The maximum Gasteiger partial charge on any atom is 0.338 e. The van der Waals surface area contributed by atoms with E-state index in [4.69, 9.17) is 14.2 Å². The van der Waals surface area contributed by atoms with Crippen molar-refractivity contribution in [3.05, 3.63) is 71.3 Å². The van der Waals surface area contributed by atoms with Gasteiger partial charge in [-0.15, -0.1) is 0 Å². The van der Waals surface area contributed by atoms with E-state index in [-0.39, 0.29) is 12.6 Å². The number of unbranched alkanes of at least 4 members (excludes halogenated alkanes) is 1. The summed E-state index contributed by atoms with van der Waals surface area (Å²) in [7, 11) is 0. The number of esters is 1. The zero-order chi connectivity index (χ0) is 17.5. The van der Waals surface area contributed by atoms with Gasteiger partial charge in [0.25, 0.3) is 0 Å². The van der Waals surface area contributed by atoms with Gasteiger partial charge in [0, 0.05) is 12.0 Å². The molecule has 2 aromatic carbocycles. The number of hydrogen-bond donors (Lipinski definition) is 0. The zero-order valence-electron chi connectivity index (χ0n) is 14.6. The minimum absolute atomic E-state index is 0.272. The van der Waals surface area contributed by atoms with Crippen LogP contribution in [0.4, 0.5) is 0 Å². The van der Waals surface area contributed by atoms with Crippen molar-refractivity contribution in [2.75, 3.05) is 13.2 Å². The molecule has 4 heteroatoms. The lowest BCUT2D eigenvalue weighted by Gasteiger charge is -2.28. The molecular formula is C21H24O4. The molecule has 0 saturated carbocycles. The highest BCUT2D eigenvalue weighted by Gasteiger charge is 2.37. The second kappa shape index (κ2) is 8.28. The van der Waals surface area contributed by atoms with Gasteiger partial charge in [0.15, 0.2) is 5.79 Å². The normalized spacial score (nSPS) is 15.9. The van der Waals surface area contributed by atoms with E-state index < -0.39 is 5.79 Å². The van der Waals surface area contributed by atoms with Crippen LogP contribution in [-0.2, 0) is 26.6 Å². The van der Waals surface area contributed by atoms with Gasteiger partial charge in [-0.25, -0.2) is 4.79 Å². The fourth-order valence-corrected chi connectivity index (χ4v) is 2.99. The average Bonchev–Trinajstić information content (AvgIpc) is 3.15. The summed E-state index contributed by atoms with van der Waals surface area (Å²) in [4.78, 5) is 12.2. The molecule has 0 amide bonds. The highest BCUT2D eigenvalue weighted by atomic mass is 16.7. The lowest BCUT2D eigenvalue weighted by Crippen LogP contribution is -2.27. The van der Waals surface area contributed by atoms with E-state index in [1.54, 1.807) is 12.1 Å². The third-order valence-corrected chi connectivity index (χ3v) is 4.39. The molecule has 3 rings (SSSR count). The van der Waals surface area contributed by atoms with Crippen molar-refractivity contribution >= 4 is 5.97 Å². The molecule has 4 nitrogen and oxygen atoms in total. The predicted octanol–water partition coefficient (Wildman–Crippen LogP) is 4.43. The molecule has 25 heavy (non-hydrogen) atoms. The van der Waals surface area contributed by atoms with E-state index in [9.17, 15) is 4.79 Å². The van der Waals surface area contributed by atoms with Gasteiger partial charge in [-0.2, -0.15) is 0 Å². The van der Waals surface area contributed by atoms with Crippen LogP contribution in [0.25, 0.3) is 0 Å². The topological polar surface area (TPSA) is 44.8 Å². The molecule has 0 atom stereocenters. The van der Waals surface area contributed by atoms with E-state index in [1.807, 2.05) is 42.5 Å². The van der Waals surface area contributed by atoms with Crippen LogP contribution in [-0.4, -0.2) is 19.2 Å². The maximum absolute atomic E-state index is 12.2. The minimum atomic E-state index is -0.664. The van der Waals surface area contributed by atoms with Gasteiger partial charge in [0.1, 0.15) is 6.61 Å². The van der Waals surface area contributed by atoms with Gasteiger partial charge in [0.05, 0.1) is 18.8 Å². The summed E-state index contributed by atoms with van der Waals surface area (Å²) in [6.07, 6.45) is 2.93. The highest BCUT2D eigenvalue weighted by molar-refractivity contribution is 5.89. The maximum atomic E-state index is 12.2. The van der Waals surface area contributed by atoms with Crippen molar-refractivity contribution in [2.24, 2.45) is 0 Å². The monoisotopic (exact) mass is 340 g/mol. The third kappa shape index (κ3) is 4.27. The molecular weight excluding hydrogens is 316 g/mol. The fraction of sp³-hybridized carbons (Fsp3) is 0.381. The van der Waals surface area contributed by atoms with Crippen LogP contribution in [0.3, 0.4) is 0 Å².